The summed E-state index contributed by atoms with van der Waals surface area (Å²) in [5.74, 6) is -0.843. The van der Waals surface area contributed by atoms with Gasteiger partial charge in [-0.05, 0) is 88.1 Å². The third kappa shape index (κ3) is 7.29. The molecule has 1 N–H and O–H groups in total. The van der Waals surface area contributed by atoms with Crippen molar-refractivity contribution in [2.75, 3.05) is 31.9 Å². The van der Waals surface area contributed by atoms with Crippen LogP contribution in [0.3, 0.4) is 0 Å². The molecule has 0 saturated carbocycles. The first-order valence-corrected chi connectivity index (χ1v) is 14.6. The SMILES string of the molecule is COCOc1c(C#N)cc(F)cc1-c1ccc2ncc(-c3cc(C)cc(F)c3)c(N3CCC(NC(=O)OC(C)(C)C)CC3)c2n1. The first-order valence-electron chi connectivity index (χ1n) is 14.6. The third-order valence-corrected chi connectivity index (χ3v) is 7.34. The van der Waals surface area contributed by atoms with Crippen LogP contribution in [0.1, 0.15) is 44.7 Å². The van der Waals surface area contributed by atoms with E-state index in [2.05, 4.69) is 15.2 Å². The molecule has 0 atom stereocenters. The van der Waals surface area contributed by atoms with Crippen LogP contribution in [0, 0.1) is 29.9 Å². The number of methoxy groups -OCH3 is 1. The van der Waals surface area contributed by atoms with E-state index in [1.165, 1.54) is 25.3 Å². The van der Waals surface area contributed by atoms with Crippen molar-refractivity contribution in [2.24, 2.45) is 0 Å². The van der Waals surface area contributed by atoms with Crippen molar-refractivity contribution in [1.29, 1.82) is 5.26 Å². The number of ether oxygens (including phenoxy) is 3. The monoisotopic (exact) mass is 615 g/mol. The molecule has 5 rings (SSSR count). The highest BCUT2D eigenvalue weighted by Gasteiger charge is 2.27. The van der Waals surface area contributed by atoms with Crippen molar-refractivity contribution in [3.05, 3.63) is 71.4 Å². The van der Waals surface area contributed by atoms with Crippen molar-refractivity contribution in [2.45, 2.75) is 52.2 Å². The molecule has 0 radical (unpaired) electrons. The maximum Gasteiger partial charge on any atom is 0.407 e. The van der Waals surface area contributed by atoms with E-state index >= 15 is 0 Å². The van der Waals surface area contributed by atoms with Crippen LogP contribution in [-0.2, 0) is 9.47 Å². The number of aryl methyl sites for hydroxylation is 1. The molecular formula is C34H35F2N5O4. The summed E-state index contributed by atoms with van der Waals surface area (Å²) >= 11 is 0. The largest absolute Gasteiger partial charge is 0.465 e. The number of hydrogen-bond donors (Lipinski definition) is 1. The first kappa shape index (κ1) is 31.6. The summed E-state index contributed by atoms with van der Waals surface area (Å²) < 4.78 is 45.5. The number of rotatable bonds is 7. The van der Waals surface area contributed by atoms with Crippen molar-refractivity contribution < 1.29 is 27.8 Å². The van der Waals surface area contributed by atoms with E-state index in [-0.39, 0.29) is 35.5 Å². The van der Waals surface area contributed by atoms with Gasteiger partial charge in [-0.3, -0.25) is 4.98 Å². The summed E-state index contributed by atoms with van der Waals surface area (Å²) in [6, 6.07) is 12.5. The molecule has 1 amide bonds. The minimum absolute atomic E-state index is 0.00541. The van der Waals surface area contributed by atoms with Crippen molar-refractivity contribution in [3.8, 4) is 34.2 Å². The number of fused-ring (bicyclic) bond motifs is 1. The van der Waals surface area contributed by atoms with E-state index in [1.807, 2.05) is 39.8 Å². The molecule has 2 aromatic heterocycles. The standard InChI is InChI=1S/C34H35F2N5O4/c1-20-12-21(14-23(35)13-20)27-18-38-29-7-6-28(26-16-24(36)15-22(17-37)32(26)44-19-43-5)40-30(29)31(27)41-10-8-25(9-11-41)39-33(42)45-34(2,3)4/h6-7,12-16,18,25H,8-11,19H2,1-5H3,(H,39,42). The quantitative estimate of drug-likeness (QED) is 0.224. The maximum absolute atomic E-state index is 14.7. The Bertz CT molecular complexity index is 1760. The molecule has 1 saturated heterocycles. The molecule has 0 aliphatic carbocycles. The number of anilines is 1. The number of alkyl carbamates (subject to hydrolysis) is 1. The molecule has 2 aromatic carbocycles. The maximum atomic E-state index is 14.7. The molecular weight excluding hydrogens is 580 g/mol. The van der Waals surface area contributed by atoms with Gasteiger partial charge in [0, 0.05) is 43.6 Å². The number of nitriles is 1. The molecule has 1 aliphatic heterocycles. The van der Waals surface area contributed by atoms with Gasteiger partial charge >= 0.3 is 6.09 Å². The number of nitrogens with one attached hydrogen (secondary N) is 1. The van der Waals surface area contributed by atoms with Crippen molar-refractivity contribution >= 4 is 22.8 Å². The zero-order valence-electron chi connectivity index (χ0n) is 25.9. The number of amides is 1. The van der Waals surface area contributed by atoms with Crippen LogP contribution in [0.2, 0.25) is 0 Å². The van der Waals surface area contributed by atoms with Gasteiger partial charge in [0.1, 0.15) is 34.6 Å². The Morgan fingerprint density at radius 1 is 1.09 bits per heavy atom. The van der Waals surface area contributed by atoms with Crippen LogP contribution < -0.4 is 15.0 Å². The number of benzene rings is 2. The molecule has 45 heavy (non-hydrogen) atoms. The highest BCUT2D eigenvalue weighted by Crippen LogP contribution is 2.40. The molecule has 4 aromatic rings. The van der Waals surface area contributed by atoms with Gasteiger partial charge in [-0.25, -0.2) is 18.6 Å². The van der Waals surface area contributed by atoms with Crippen LogP contribution in [0.4, 0.5) is 19.3 Å². The van der Waals surface area contributed by atoms with Gasteiger partial charge in [0.05, 0.1) is 22.5 Å². The zero-order valence-corrected chi connectivity index (χ0v) is 25.9. The minimum Gasteiger partial charge on any atom is -0.465 e. The normalized spacial score (nSPS) is 13.9. The molecule has 1 aliphatic rings. The second-order valence-electron chi connectivity index (χ2n) is 12.0. The Morgan fingerprint density at radius 2 is 1.82 bits per heavy atom. The topological polar surface area (TPSA) is 110 Å². The first-order chi connectivity index (χ1) is 21.5. The Morgan fingerprint density at radius 3 is 2.49 bits per heavy atom. The lowest BCUT2D eigenvalue weighted by Gasteiger charge is -2.35. The van der Waals surface area contributed by atoms with Crippen LogP contribution in [-0.4, -0.2) is 54.7 Å². The van der Waals surface area contributed by atoms with Gasteiger partial charge in [-0.2, -0.15) is 5.26 Å². The predicted molar refractivity (Wildman–Crippen MR) is 167 cm³/mol. The van der Waals surface area contributed by atoms with Crippen molar-refractivity contribution in [3.63, 3.8) is 0 Å². The fourth-order valence-electron chi connectivity index (χ4n) is 5.49. The lowest BCUT2D eigenvalue weighted by molar-refractivity contribution is 0.0496. The number of pyridine rings is 2. The average Bonchev–Trinajstić information content (AvgIpc) is 2.98. The second kappa shape index (κ2) is 13.0. The summed E-state index contributed by atoms with van der Waals surface area (Å²) in [4.78, 5) is 24.2. The van der Waals surface area contributed by atoms with E-state index in [0.29, 0.717) is 53.8 Å². The molecule has 0 unspecified atom stereocenters. The molecule has 1 fully saturated rings. The predicted octanol–water partition coefficient (Wildman–Crippen LogP) is 6.90. The summed E-state index contributed by atoms with van der Waals surface area (Å²) in [5.41, 5.74) is 3.95. The number of halogens is 2. The zero-order chi connectivity index (χ0) is 32.3. The van der Waals surface area contributed by atoms with Gasteiger partial charge in [-0.15, -0.1) is 0 Å². The summed E-state index contributed by atoms with van der Waals surface area (Å²) in [6.45, 7) is 8.25. The lowest BCUT2D eigenvalue weighted by Crippen LogP contribution is -2.46. The number of carbonyl (C=O) groups excluding carboxylic acids is 1. The summed E-state index contributed by atoms with van der Waals surface area (Å²) in [6.07, 6.45) is 2.51. The van der Waals surface area contributed by atoms with Crippen LogP contribution in [0.25, 0.3) is 33.4 Å². The smallest absolute Gasteiger partial charge is 0.407 e. The van der Waals surface area contributed by atoms with E-state index in [9.17, 15) is 18.8 Å². The van der Waals surface area contributed by atoms with Crippen LogP contribution in [0.5, 0.6) is 5.75 Å². The van der Waals surface area contributed by atoms with Crippen LogP contribution in [0.15, 0.2) is 48.7 Å². The molecule has 0 spiro atoms. The van der Waals surface area contributed by atoms with E-state index in [0.717, 1.165) is 17.3 Å². The summed E-state index contributed by atoms with van der Waals surface area (Å²) in [7, 11) is 1.45. The fraction of sp³-hybridized carbons (Fsp3) is 0.353. The van der Waals surface area contributed by atoms with Gasteiger partial charge in [0.25, 0.3) is 0 Å². The van der Waals surface area contributed by atoms with Gasteiger partial charge in [0.2, 0.25) is 0 Å². The van der Waals surface area contributed by atoms with Crippen LogP contribution >= 0.6 is 0 Å². The molecule has 234 valence electrons. The number of aromatic nitrogens is 2. The number of carbonyl (C=O) groups is 1. The molecule has 11 heteroatoms. The number of hydrogen-bond acceptors (Lipinski definition) is 8. The Labute approximate surface area is 260 Å². The number of piperidine rings is 1. The minimum atomic E-state index is -0.616. The highest BCUT2D eigenvalue weighted by atomic mass is 19.1. The van der Waals surface area contributed by atoms with Crippen molar-refractivity contribution in [1.82, 2.24) is 15.3 Å². The molecule has 0 bridgehead atoms. The fourth-order valence-corrected chi connectivity index (χ4v) is 5.49. The average molecular weight is 616 g/mol. The van der Waals surface area contributed by atoms with E-state index in [1.54, 1.807) is 18.3 Å². The van der Waals surface area contributed by atoms with Gasteiger partial charge in [0.15, 0.2) is 6.79 Å². The Kier molecular flexibility index (Phi) is 9.16. The molecule has 9 nitrogen and oxygen atoms in total. The Balaban J connectivity index is 1.61. The number of nitrogens with zero attached hydrogens (tertiary/aromatic N) is 4. The van der Waals surface area contributed by atoms with E-state index < -0.39 is 17.5 Å². The lowest BCUT2D eigenvalue weighted by atomic mass is 9.98. The molecule has 3 heterocycles. The van der Waals surface area contributed by atoms with Gasteiger partial charge in [-0.1, -0.05) is 6.07 Å². The Hall–Kier alpha value is -4.82. The second-order valence-corrected chi connectivity index (χ2v) is 12.0. The highest BCUT2D eigenvalue weighted by molar-refractivity contribution is 5.98. The van der Waals surface area contributed by atoms with Gasteiger partial charge < -0.3 is 24.4 Å². The van der Waals surface area contributed by atoms with E-state index in [4.69, 9.17) is 19.2 Å². The summed E-state index contributed by atoms with van der Waals surface area (Å²) in [5, 5.41) is 12.7. The third-order valence-electron chi connectivity index (χ3n) is 7.34.